The first-order valence-corrected chi connectivity index (χ1v) is 12.9. The minimum atomic E-state index is -0.427. The van der Waals surface area contributed by atoms with Gasteiger partial charge in [0.2, 0.25) is 0 Å². The lowest BCUT2D eigenvalue weighted by Gasteiger charge is -2.18. The minimum Gasteiger partial charge on any atom is -0.367 e. The molecule has 184 valence electrons. The van der Waals surface area contributed by atoms with E-state index in [0.29, 0.717) is 39.3 Å². The van der Waals surface area contributed by atoms with Gasteiger partial charge >= 0.3 is 0 Å². The summed E-state index contributed by atoms with van der Waals surface area (Å²) in [6, 6.07) is 8.04. The Hall–Kier alpha value is -2.96. The van der Waals surface area contributed by atoms with Gasteiger partial charge in [-0.1, -0.05) is 68.7 Å². The average Bonchev–Trinajstić information content (AvgIpc) is 3.10. The molecule has 6 nitrogen and oxygen atoms in total. The van der Waals surface area contributed by atoms with E-state index in [1.165, 1.54) is 34.9 Å². The Balaban J connectivity index is 1.92. The summed E-state index contributed by atoms with van der Waals surface area (Å²) in [5.41, 5.74) is 1.48. The molecular formula is C26H29FN4O2S2. The van der Waals surface area contributed by atoms with Crippen molar-refractivity contribution >= 4 is 46.1 Å². The van der Waals surface area contributed by atoms with Gasteiger partial charge in [-0.2, -0.15) is 5.26 Å². The smallest absolute Gasteiger partial charge is 0.270 e. The summed E-state index contributed by atoms with van der Waals surface area (Å²) in [4.78, 5) is 28.0. The number of amides is 1. The summed E-state index contributed by atoms with van der Waals surface area (Å²) in [5.74, 6) is -0.0177. The van der Waals surface area contributed by atoms with Gasteiger partial charge in [0.05, 0.1) is 4.91 Å². The van der Waals surface area contributed by atoms with Crippen molar-refractivity contribution in [2.75, 3.05) is 11.9 Å². The Labute approximate surface area is 214 Å². The van der Waals surface area contributed by atoms with E-state index in [9.17, 15) is 19.2 Å². The molecule has 1 fully saturated rings. The Kier molecular flexibility index (Phi) is 9.24. The van der Waals surface area contributed by atoms with E-state index < -0.39 is 5.56 Å². The summed E-state index contributed by atoms with van der Waals surface area (Å²) in [6.45, 7) is 4.77. The molecule has 0 atom stereocenters. The summed E-state index contributed by atoms with van der Waals surface area (Å²) in [6.07, 6.45) is 7.12. The Morgan fingerprint density at radius 1 is 1.17 bits per heavy atom. The summed E-state index contributed by atoms with van der Waals surface area (Å²) < 4.78 is 15.2. The first-order chi connectivity index (χ1) is 16.8. The summed E-state index contributed by atoms with van der Waals surface area (Å²) >= 11 is 6.70. The number of nitrogens with one attached hydrogen (secondary N) is 1. The molecule has 0 spiro atoms. The fourth-order valence-electron chi connectivity index (χ4n) is 3.93. The Bertz CT molecular complexity index is 1250. The van der Waals surface area contributed by atoms with Gasteiger partial charge in [-0.3, -0.25) is 19.1 Å². The van der Waals surface area contributed by atoms with Crippen molar-refractivity contribution in [2.24, 2.45) is 7.05 Å². The predicted octanol–water partition coefficient (Wildman–Crippen LogP) is 5.49. The molecule has 1 N–H and O–H groups in total. The van der Waals surface area contributed by atoms with Gasteiger partial charge in [0, 0.05) is 25.7 Å². The van der Waals surface area contributed by atoms with Gasteiger partial charge < -0.3 is 5.32 Å². The molecule has 2 heterocycles. The van der Waals surface area contributed by atoms with Crippen molar-refractivity contribution in [1.29, 1.82) is 5.26 Å². The van der Waals surface area contributed by atoms with Crippen LogP contribution >= 0.6 is 24.0 Å². The van der Waals surface area contributed by atoms with Gasteiger partial charge in [-0.15, -0.1) is 0 Å². The molecule has 0 aliphatic carbocycles. The fraction of sp³-hybridized carbons (Fsp3) is 0.385. The van der Waals surface area contributed by atoms with Gasteiger partial charge in [-0.05, 0) is 42.7 Å². The number of benzene rings is 1. The van der Waals surface area contributed by atoms with Crippen molar-refractivity contribution in [1.82, 2.24) is 9.47 Å². The number of thioether (sulfide) groups is 1. The molecule has 1 amide bonds. The van der Waals surface area contributed by atoms with Crippen LogP contribution in [0.25, 0.3) is 6.08 Å². The number of rotatable bonds is 10. The highest BCUT2D eigenvalue weighted by Gasteiger charge is 2.32. The van der Waals surface area contributed by atoms with Crippen LogP contribution in [0.1, 0.15) is 61.3 Å². The van der Waals surface area contributed by atoms with Crippen LogP contribution in [0, 0.1) is 24.1 Å². The molecule has 0 unspecified atom stereocenters. The fourth-order valence-corrected chi connectivity index (χ4v) is 5.22. The number of carbonyl (C=O) groups excluding carboxylic acids is 1. The standard InChI is InChI=1S/C26H29FN4O2S2/c1-4-5-6-7-8-13-31-25(33)22(35-26(31)34)14-20-17(2)21(15-28)24(32)30(3)23(20)29-16-18-9-11-19(27)12-10-18/h9-12,14,29H,4-8,13,16H2,1-3H3/b22-14+. The van der Waals surface area contributed by atoms with E-state index in [-0.39, 0.29) is 17.3 Å². The molecule has 3 rings (SSSR count). The number of unbranched alkanes of at least 4 members (excludes halogenated alkanes) is 4. The highest BCUT2D eigenvalue weighted by molar-refractivity contribution is 8.26. The molecule has 35 heavy (non-hydrogen) atoms. The second-order valence-electron chi connectivity index (χ2n) is 8.47. The molecule has 1 aromatic carbocycles. The molecule has 0 bridgehead atoms. The second-order valence-corrected chi connectivity index (χ2v) is 10.1. The maximum Gasteiger partial charge on any atom is 0.270 e. The van der Waals surface area contributed by atoms with E-state index in [1.54, 1.807) is 37.1 Å². The number of thiocarbonyl (C=S) groups is 1. The monoisotopic (exact) mass is 512 g/mol. The third-order valence-corrected chi connectivity index (χ3v) is 7.39. The number of anilines is 1. The van der Waals surface area contributed by atoms with Crippen molar-refractivity contribution < 1.29 is 9.18 Å². The topological polar surface area (TPSA) is 78.1 Å². The maximum absolute atomic E-state index is 13.3. The molecular weight excluding hydrogens is 483 g/mol. The molecule has 1 aliphatic heterocycles. The van der Waals surface area contributed by atoms with E-state index in [4.69, 9.17) is 12.2 Å². The molecule has 1 aliphatic rings. The summed E-state index contributed by atoms with van der Waals surface area (Å²) in [5, 5.41) is 12.8. The van der Waals surface area contributed by atoms with Crippen LogP contribution < -0.4 is 10.9 Å². The number of nitriles is 1. The third-order valence-electron chi connectivity index (χ3n) is 6.01. The lowest BCUT2D eigenvalue weighted by atomic mass is 10.0. The molecule has 9 heteroatoms. The van der Waals surface area contributed by atoms with Crippen molar-refractivity contribution in [3.05, 3.63) is 67.6 Å². The number of hydrogen-bond donors (Lipinski definition) is 1. The zero-order valence-electron chi connectivity index (χ0n) is 20.2. The third kappa shape index (κ3) is 6.19. The Morgan fingerprint density at radius 2 is 1.86 bits per heavy atom. The average molecular weight is 513 g/mol. The van der Waals surface area contributed by atoms with Crippen LogP contribution in [-0.4, -0.2) is 26.2 Å². The molecule has 0 radical (unpaired) electrons. The highest BCUT2D eigenvalue weighted by atomic mass is 32.2. The van der Waals surface area contributed by atoms with Crippen LogP contribution in [-0.2, 0) is 18.4 Å². The maximum atomic E-state index is 13.3. The van der Waals surface area contributed by atoms with Crippen molar-refractivity contribution in [3.8, 4) is 6.07 Å². The largest absolute Gasteiger partial charge is 0.367 e. The first kappa shape index (κ1) is 26.6. The number of halogens is 1. The molecule has 1 saturated heterocycles. The van der Waals surface area contributed by atoms with Crippen molar-refractivity contribution in [2.45, 2.75) is 52.5 Å². The zero-order chi connectivity index (χ0) is 25.5. The van der Waals surface area contributed by atoms with E-state index >= 15 is 0 Å². The normalized spacial score (nSPS) is 14.6. The number of aromatic nitrogens is 1. The van der Waals surface area contributed by atoms with Crippen LogP contribution in [0.3, 0.4) is 0 Å². The molecule has 2 aromatic rings. The predicted molar refractivity (Wildman–Crippen MR) is 143 cm³/mol. The lowest BCUT2D eigenvalue weighted by molar-refractivity contribution is -0.122. The number of pyridine rings is 1. The van der Waals surface area contributed by atoms with Crippen molar-refractivity contribution in [3.63, 3.8) is 0 Å². The number of hydrogen-bond acceptors (Lipinski definition) is 6. The van der Waals surface area contributed by atoms with Crippen LogP contribution in [0.15, 0.2) is 34.0 Å². The van der Waals surface area contributed by atoms with Crippen LogP contribution in [0.4, 0.5) is 10.2 Å². The first-order valence-electron chi connectivity index (χ1n) is 11.7. The summed E-state index contributed by atoms with van der Waals surface area (Å²) in [7, 11) is 1.58. The Morgan fingerprint density at radius 3 is 2.51 bits per heavy atom. The van der Waals surface area contributed by atoms with E-state index in [0.717, 1.165) is 31.2 Å². The SMILES string of the molecule is CCCCCCCN1C(=O)/C(=C\c2c(C)c(C#N)c(=O)n(C)c2NCc2ccc(F)cc2)SC1=S. The van der Waals surface area contributed by atoms with Gasteiger partial charge in [0.1, 0.15) is 27.6 Å². The quantitative estimate of drug-likeness (QED) is 0.258. The van der Waals surface area contributed by atoms with E-state index in [1.807, 2.05) is 6.07 Å². The van der Waals surface area contributed by atoms with Gasteiger partial charge in [-0.25, -0.2) is 4.39 Å². The second kappa shape index (κ2) is 12.1. The molecule has 0 saturated carbocycles. The van der Waals surface area contributed by atoms with Crippen LogP contribution in [0.5, 0.6) is 0 Å². The van der Waals surface area contributed by atoms with Crippen LogP contribution in [0.2, 0.25) is 0 Å². The number of carbonyl (C=O) groups is 1. The number of nitrogens with zero attached hydrogens (tertiary/aromatic N) is 3. The van der Waals surface area contributed by atoms with Gasteiger partial charge in [0.15, 0.2) is 0 Å². The minimum absolute atomic E-state index is 0.0254. The molecule has 1 aromatic heterocycles. The van der Waals surface area contributed by atoms with Gasteiger partial charge in [0.25, 0.3) is 11.5 Å². The zero-order valence-corrected chi connectivity index (χ0v) is 21.8. The lowest BCUT2D eigenvalue weighted by Crippen LogP contribution is -2.29. The highest BCUT2D eigenvalue weighted by Crippen LogP contribution is 2.35. The van der Waals surface area contributed by atoms with E-state index in [2.05, 4.69) is 12.2 Å².